The van der Waals surface area contributed by atoms with E-state index >= 15 is 0 Å². The molecule has 4 heteroatoms. The number of hydrogen-bond donors (Lipinski definition) is 1. The lowest BCUT2D eigenvalue weighted by Gasteiger charge is -2.26. The summed E-state index contributed by atoms with van der Waals surface area (Å²) in [4.78, 5) is 12.8. The minimum atomic E-state index is -0.351. The third kappa shape index (κ3) is 3.31. The van der Waals surface area contributed by atoms with Gasteiger partial charge >= 0.3 is 0 Å². The molecule has 88 valence electrons. The van der Waals surface area contributed by atoms with Crippen molar-refractivity contribution in [3.8, 4) is 0 Å². The van der Waals surface area contributed by atoms with Crippen LogP contribution in [0.4, 0.5) is 4.39 Å². The van der Waals surface area contributed by atoms with Crippen molar-refractivity contribution in [2.75, 3.05) is 13.1 Å². The number of carbonyl (C=O) groups excluding carboxylic acids is 1. The molecule has 1 amide bonds. The molecule has 0 aliphatic carbocycles. The number of halogens is 1. The molecule has 2 N–H and O–H groups in total. The number of benzene rings is 1. The number of nitrogens with two attached hydrogens (primary N) is 1. The molecule has 0 bridgehead atoms. The first-order chi connectivity index (χ1) is 7.54. The Morgan fingerprint density at radius 1 is 1.44 bits per heavy atom. The van der Waals surface area contributed by atoms with Crippen molar-refractivity contribution in [1.82, 2.24) is 4.90 Å². The number of amides is 1. The third-order valence-corrected chi connectivity index (χ3v) is 2.67. The van der Waals surface area contributed by atoms with E-state index in [1.807, 2.05) is 18.7 Å². The van der Waals surface area contributed by atoms with Crippen LogP contribution in [-0.2, 0) is 4.79 Å². The zero-order valence-electron chi connectivity index (χ0n) is 9.61. The highest BCUT2D eigenvalue weighted by Crippen LogP contribution is 2.19. The van der Waals surface area contributed by atoms with Crippen molar-refractivity contribution < 1.29 is 9.18 Å². The molecular weight excluding hydrogens is 207 g/mol. The number of rotatable bonds is 5. The molecule has 1 atom stereocenters. The maximum absolute atomic E-state index is 12.8. The summed E-state index contributed by atoms with van der Waals surface area (Å²) in [6.45, 7) is 4.87. The zero-order valence-corrected chi connectivity index (χ0v) is 9.61. The Morgan fingerprint density at radius 3 is 2.44 bits per heavy atom. The molecule has 0 saturated carbocycles. The van der Waals surface area contributed by atoms with Crippen LogP contribution in [0.2, 0.25) is 0 Å². The SMILES string of the molecule is CCN(CC(N)=O)[C@@H](C)c1ccc(F)cc1. The van der Waals surface area contributed by atoms with Gasteiger partial charge in [-0.2, -0.15) is 0 Å². The van der Waals surface area contributed by atoms with Crippen LogP contribution in [0.15, 0.2) is 24.3 Å². The van der Waals surface area contributed by atoms with Crippen LogP contribution in [0.3, 0.4) is 0 Å². The van der Waals surface area contributed by atoms with E-state index in [-0.39, 0.29) is 24.3 Å². The van der Waals surface area contributed by atoms with Gasteiger partial charge in [0.15, 0.2) is 0 Å². The zero-order chi connectivity index (χ0) is 12.1. The molecule has 0 heterocycles. The molecule has 1 rings (SSSR count). The molecular formula is C12H17FN2O. The fourth-order valence-electron chi connectivity index (χ4n) is 1.67. The first kappa shape index (κ1) is 12.6. The summed E-state index contributed by atoms with van der Waals surface area (Å²) in [5.74, 6) is -0.607. The van der Waals surface area contributed by atoms with Crippen molar-refractivity contribution >= 4 is 5.91 Å². The Hall–Kier alpha value is -1.42. The molecule has 0 spiro atoms. The fraction of sp³-hybridized carbons (Fsp3) is 0.417. The number of primary amides is 1. The lowest BCUT2D eigenvalue weighted by atomic mass is 10.1. The maximum atomic E-state index is 12.8. The number of likely N-dealkylation sites (N-methyl/N-ethyl adjacent to an activating group) is 1. The highest BCUT2D eigenvalue weighted by atomic mass is 19.1. The smallest absolute Gasteiger partial charge is 0.231 e. The van der Waals surface area contributed by atoms with Crippen LogP contribution >= 0.6 is 0 Å². The first-order valence-electron chi connectivity index (χ1n) is 5.32. The topological polar surface area (TPSA) is 46.3 Å². The van der Waals surface area contributed by atoms with Crippen LogP contribution in [0.5, 0.6) is 0 Å². The fourth-order valence-corrected chi connectivity index (χ4v) is 1.67. The van der Waals surface area contributed by atoms with Crippen molar-refractivity contribution in [3.05, 3.63) is 35.6 Å². The van der Waals surface area contributed by atoms with Crippen molar-refractivity contribution in [3.63, 3.8) is 0 Å². The summed E-state index contributed by atoms with van der Waals surface area (Å²) in [5.41, 5.74) is 6.14. The van der Waals surface area contributed by atoms with Gasteiger partial charge in [-0.15, -0.1) is 0 Å². The molecule has 3 nitrogen and oxygen atoms in total. The van der Waals surface area contributed by atoms with Gasteiger partial charge < -0.3 is 5.73 Å². The minimum Gasteiger partial charge on any atom is -0.369 e. The van der Waals surface area contributed by atoms with E-state index in [9.17, 15) is 9.18 Å². The van der Waals surface area contributed by atoms with E-state index in [4.69, 9.17) is 5.73 Å². The Balaban J connectivity index is 2.78. The largest absolute Gasteiger partial charge is 0.369 e. The Bertz CT molecular complexity index is 351. The molecule has 0 aromatic heterocycles. The summed E-state index contributed by atoms with van der Waals surface area (Å²) in [6.07, 6.45) is 0. The number of hydrogen-bond acceptors (Lipinski definition) is 2. The van der Waals surface area contributed by atoms with Gasteiger partial charge in [0.05, 0.1) is 6.54 Å². The second kappa shape index (κ2) is 5.61. The van der Waals surface area contributed by atoms with Gasteiger partial charge in [0.1, 0.15) is 5.82 Å². The molecule has 1 aromatic rings. The van der Waals surface area contributed by atoms with Crippen LogP contribution in [0, 0.1) is 5.82 Å². The van der Waals surface area contributed by atoms with Crippen molar-refractivity contribution in [1.29, 1.82) is 0 Å². The number of carbonyl (C=O) groups is 1. The summed E-state index contributed by atoms with van der Waals surface area (Å²) >= 11 is 0. The summed E-state index contributed by atoms with van der Waals surface area (Å²) in [6, 6.07) is 6.35. The molecule has 0 aliphatic rings. The molecule has 16 heavy (non-hydrogen) atoms. The van der Waals surface area contributed by atoms with Crippen LogP contribution in [-0.4, -0.2) is 23.9 Å². The van der Waals surface area contributed by atoms with Gasteiger partial charge in [0.2, 0.25) is 5.91 Å². The molecule has 1 aromatic carbocycles. The maximum Gasteiger partial charge on any atom is 0.231 e. The molecule has 0 radical (unpaired) electrons. The first-order valence-corrected chi connectivity index (χ1v) is 5.32. The molecule has 0 fully saturated rings. The van der Waals surface area contributed by atoms with E-state index < -0.39 is 0 Å². The predicted octanol–water partition coefficient (Wildman–Crippen LogP) is 1.69. The second-order valence-electron chi connectivity index (χ2n) is 3.76. The Morgan fingerprint density at radius 2 is 2.00 bits per heavy atom. The average Bonchev–Trinajstić information content (AvgIpc) is 2.25. The third-order valence-electron chi connectivity index (χ3n) is 2.67. The van der Waals surface area contributed by atoms with Gasteiger partial charge in [0, 0.05) is 6.04 Å². The Labute approximate surface area is 95.0 Å². The van der Waals surface area contributed by atoms with E-state index in [0.717, 1.165) is 12.1 Å². The van der Waals surface area contributed by atoms with E-state index in [0.29, 0.717) is 0 Å². The quantitative estimate of drug-likeness (QED) is 0.827. The molecule has 0 saturated heterocycles. The highest BCUT2D eigenvalue weighted by molar-refractivity contribution is 5.75. The predicted molar refractivity (Wildman–Crippen MR) is 61.3 cm³/mol. The minimum absolute atomic E-state index is 0.0538. The van der Waals surface area contributed by atoms with Gasteiger partial charge in [-0.25, -0.2) is 4.39 Å². The van der Waals surface area contributed by atoms with E-state index in [1.54, 1.807) is 12.1 Å². The summed E-state index contributed by atoms with van der Waals surface area (Å²) < 4.78 is 12.8. The van der Waals surface area contributed by atoms with Crippen LogP contribution in [0.1, 0.15) is 25.5 Å². The molecule has 0 aliphatic heterocycles. The van der Waals surface area contributed by atoms with Crippen LogP contribution < -0.4 is 5.73 Å². The van der Waals surface area contributed by atoms with Crippen molar-refractivity contribution in [2.24, 2.45) is 5.73 Å². The molecule has 0 unspecified atom stereocenters. The normalized spacial score (nSPS) is 12.8. The summed E-state index contributed by atoms with van der Waals surface area (Å²) in [7, 11) is 0. The average molecular weight is 224 g/mol. The second-order valence-corrected chi connectivity index (χ2v) is 3.76. The summed E-state index contributed by atoms with van der Waals surface area (Å²) in [5, 5.41) is 0. The highest BCUT2D eigenvalue weighted by Gasteiger charge is 2.15. The van der Waals surface area contributed by atoms with Crippen LogP contribution in [0.25, 0.3) is 0 Å². The standard InChI is InChI=1S/C12H17FN2O/c1-3-15(8-12(14)16)9(2)10-4-6-11(13)7-5-10/h4-7,9H,3,8H2,1-2H3,(H2,14,16)/t9-/m0/s1. The van der Waals surface area contributed by atoms with Crippen molar-refractivity contribution in [2.45, 2.75) is 19.9 Å². The lowest BCUT2D eigenvalue weighted by Crippen LogP contribution is -2.35. The van der Waals surface area contributed by atoms with E-state index in [1.165, 1.54) is 12.1 Å². The van der Waals surface area contributed by atoms with Gasteiger partial charge in [-0.1, -0.05) is 19.1 Å². The lowest BCUT2D eigenvalue weighted by molar-refractivity contribution is -0.119. The van der Waals surface area contributed by atoms with E-state index in [2.05, 4.69) is 0 Å². The van der Waals surface area contributed by atoms with Gasteiger partial charge in [-0.3, -0.25) is 9.69 Å². The number of nitrogens with zero attached hydrogens (tertiary/aromatic N) is 1. The van der Waals surface area contributed by atoms with Gasteiger partial charge in [0.25, 0.3) is 0 Å². The Kier molecular flexibility index (Phi) is 4.43. The monoisotopic (exact) mass is 224 g/mol. The van der Waals surface area contributed by atoms with Gasteiger partial charge in [-0.05, 0) is 31.2 Å².